The number of hydrogen-bond donors (Lipinski definition) is 2. The van der Waals surface area contributed by atoms with Crippen LogP contribution in [0.15, 0.2) is 46.9 Å². The number of thiazole rings is 1. The maximum atomic E-state index is 9.30. The first-order valence-electron chi connectivity index (χ1n) is 12.2. The summed E-state index contributed by atoms with van der Waals surface area (Å²) in [5.41, 5.74) is 4.93. The lowest BCUT2D eigenvalue weighted by Gasteiger charge is -2.12. The van der Waals surface area contributed by atoms with Crippen molar-refractivity contribution >= 4 is 92.7 Å². The molecule has 200 valence electrons. The number of fused-ring (bicyclic) bond motifs is 1. The van der Waals surface area contributed by atoms with Crippen LogP contribution in [0.3, 0.4) is 0 Å². The van der Waals surface area contributed by atoms with Gasteiger partial charge in [0.05, 0.1) is 24.7 Å². The average molecular weight is 616 g/mol. The molecule has 42 heavy (non-hydrogen) atoms. The van der Waals surface area contributed by atoms with Crippen LogP contribution < -0.4 is 28.0 Å². The van der Waals surface area contributed by atoms with Crippen LogP contribution in [0.25, 0.3) is 45.0 Å². The van der Waals surface area contributed by atoms with E-state index in [2.05, 4.69) is 17.2 Å². The minimum Gasteiger partial charge on any atom is -0.298 e. The normalized spacial score (nSPS) is 14.3. The van der Waals surface area contributed by atoms with Gasteiger partial charge in [0, 0.05) is 25.8 Å². The third-order valence-corrected chi connectivity index (χ3v) is 9.86. The molecule has 3 aromatic heterocycles. The Morgan fingerprint density at radius 3 is 1.83 bits per heavy atom. The zero-order chi connectivity index (χ0) is 30.0. The maximum Gasteiger partial charge on any atom is 0.146 e. The first kappa shape index (κ1) is 28.6. The SMILES string of the molecule is Cc1cccc(C)c1-c1nc2c(s1)=C(/C=c1\ccc(=C(C#N)C#N)s1)C(=N)/C(=N\S)C=2/C=c1\ccc(=C(C#N)C#N)s1. The van der Waals surface area contributed by atoms with Crippen molar-refractivity contribution in [3.8, 4) is 34.8 Å². The van der Waals surface area contributed by atoms with Gasteiger partial charge in [-0.1, -0.05) is 18.2 Å². The summed E-state index contributed by atoms with van der Waals surface area (Å²) in [6.45, 7) is 4.08. The summed E-state index contributed by atoms with van der Waals surface area (Å²) in [6.07, 6.45) is 3.71. The smallest absolute Gasteiger partial charge is 0.146 e. The third-order valence-electron chi connectivity index (χ3n) is 6.45. The van der Waals surface area contributed by atoms with Gasteiger partial charge in [-0.25, -0.2) is 9.38 Å². The van der Waals surface area contributed by atoms with Crippen molar-refractivity contribution in [1.29, 1.82) is 26.5 Å². The van der Waals surface area contributed by atoms with Crippen molar-refractivity contribution in [3.05, 3.63) is 81.6 Å². The zero-order valence-electron chi connectivity index (χ0n) is 22.1. The summed E-state index contributed by atoms with van der Waals surface area (Å²) >= 11 is 8.30. The fourth-order valence-electron chi connectivity index (χ4n) is 4.49. The average Bonchev–Trinajstić information content (AvgIpc) is 3.73. The van der Waals surface area contributed by atoms with Crippen molar-refractivity contribution in [2.75, 3.05) is 0 Å². The van der Waals surface area contributed by atoms with Crippen molar-refractivity contribution in [3.63, 3.8) is 0 Å². The van der Waals surface area contributed by atoms with Gasteiger partial charge >= 0.3 is 0 Å². The summed E-state index contributed by atoms with van der Waals surface area (Å²) in [4.78, 5) is 5.08. The lowest BCUT2D eigenvalue weighted by atomic mass is 9.95. The Balaban J connectivity index is 1.93. The van der Waals surface area contributed by atoms with E-state index in [1.165, 1.54) is 34.0 Å². The van der Waals surface area contributed by atoms with Crippen LogP contribution >= 0.6 is 46.8 Å². The number of aryl methyl sites for hydroxylation is 2. The summed E-state index contributed by atoms with van der Waals surface area (Å²) < 4.78 is 7.62. The largest absolute Gasteiger partial charge is 0.298 e. The molecule has 4 aromatic rings. The molecule has 1 aliphatic carbocycles. The number of aromatic nitrogens is 1. The van der Waals surface area contributed by atoms with Crippen LogP contribution in [0.2, 0.25) is 0 Å². The molecule has 0 saturated carbocycles. The minimum atomic E-state index is 0.0320. The molecule has 0 bridgehead atoms. The lowest BCUT2D eigenvalue weighted by Crippen LogP contribution is -2.38. The molecule has 3 heterocycles. The quantitative estimate of drug-likeness (QED) is 0.341. The molecule has 11 heteroatoms. The Labute approximate surface area is 257 Å². The molecule has 1 aliphatic rings. The number of nitrogens with one attached hydrogen (secondary N) is 1. The molecule has 0 atom stereocenters. The van der Waals surface area contributed by atoms with Crippen LogP contribution in [0.4, 0.5) is 0 Å². The van der Waals surface area contributed by atoms with Gasteiger partial charge in [-0.2, -0.15) is 21.0 Å². The molecule has 0 spiro atoms. The van der Waals surface area contributed by atoms with Crippen LogP contribution in [0, 0.1) is 64.6 Å². The topological polar surface area (TPSA) is 144 Å². The van der Waals surface area contributed by atoms with Crippen molar-refractivity contribution < 1.29 is 0 Å². The van der Waals surface area contributed by atoms with Gasteiger partial charge in [0.25, 0.3) is 0 Å². The van der Waals surface area contributed by atoms with E-state index in [0.29, 0.717) is 31.3 Å². The van der Waals surface area contributed by atoms with E-state index in [4.69, 9.17) is 4.98 Å². The van der Waals surface area contributed by atoms with Crippen LogP contribution in [-0.4, -0.2) is 16.4 Å². The van der Waals surface area contributed by atoms with Crippen molar-refractivity contribution in [2.45, 2.75) is 13.8 Å². The highest BCUT2D eigenvalue weighted by molar-refractivity contribution is 7.79. The number of thiophene rings is 2. The van der Waals surface area contributed by atoms with E-state index in [1.54, 1.807) is 12.1 Å². The molecule has 0 aliphatic heterocycles. The second kappa shape index (κ2) is 11.9. The van der Waals surface area contributed by atoms with Gasteiger partial charge in [-0.15, -0.1) is 34.0 Å². The number of thiol groups is 1. The monoisotopic (exact) mass is 615 g/mol. The predicted molar refractivity (Wildman–Crippen MR) is 173 cm³/mol. The van der Waals surface area contributed by atoms with Gasteiger partial charge in [0.1, 0.15) is 46.1 Å². The number of nitrogens with zero attached hydrogens (tertiary/aromatic N) is 6. The first-order chi connectivity index (χ1) is 20.3. The van der Waals surface area contributed by atoms with E-state index >= 15 is 0 Å². The summed E-state index contributed by atoms with van der Waals surface area (Å²) in [6, 6.07) is 20.9. The van der Waals surface area contributed by atoms with E-state index < -0.39 is 0 Å². The highest BCUT2D eigenvalue weighted by Crippen LogP contribution is 2.28. The summed E-state index contributed by atoms with van der Waals surface area (Å²) in [7, 11) is 0. The molecule has 1 aromatic carbocycles. The first-order valence-corrected chi connectivity index (χ1v) is 15.1. The molecule has 7 nitrogen and oxygen atoms in total. The van der Waals surface area contributed by atoms with E-state index in [0.717, 1.165) is 35.3 Å². The summed E-state index contributed by atoms with van der Waals surface area (Å²) in [5.74, 6) is 0. The standard InChI is InChI=1S/C31H17N7S4/c1-16-4-3-5-17(2)26(16)31-37-29-23(11-21-7-9-25(41-21)19(14-34)15-35)28(38-39)27(36)22(30(29)42-31)10-20-6-8-24(40-20)18(12-32)13-33/h3-11,36,39H,1-2H3/b20-10+,21-11+,36-27?,38-28-. The van der Waals surface area contributed by atoms with E-state index in [1.807, 2.05) is 80.6 Å². The Hall–Kier alpha value is -4.88. The molecule has 0 amide bonds. The molecule has 1 N–H and O–H groups in total. The molecular weight excluding hydrogens is 599 g/mol. The third kappa shape index (κ3) is 5.15. The Bertz CT molecular complexity index is 2360. The van der Waals surface area contributed by atoms with E-state index in [-0.39, 0.29) is 16.9 Å². The van der Waals surface area contributed by atoms with Gasteiger partial charge in [0.15, 0.2) is 0 Å². The van der Waals surface area contributed by atoms with Gasteiger partial charge < -0.3 is 0 Å². The molecule has 0 saturated heterocycles. The Morgan fingerprint density at radius 2 is 1.33 bits per heavy atom. The highest BCUT2D eigenvalue weighted by Gasteiger charge is 2.25. The number of hydrogen-bond acceptors (Lipinski definition) is 11. The molecule has 5 rings (SSSR count). The highest BCUT2D eigenvalue weighted by atomic mass is 32.1. The van der Waals surface area contributed by atoms with Gasteiger partial charge in [-0.3, -0.25) is 5.41 Å². The van der Waals surface area contributed by atoms with Crippen LogP contribution in [-0.2, 0) is 0 Å². The number of rotatable bonds is 3. The second-order valence-corrected chi connectivity index (χ2v) is 12.4. The number of benzene rings is 1. The Morgan fingerprint density at radius 1 is 0.810 bits per heavy atom. The fourth-order valence-corrected chi connectivity index (χ4v) is 7.77. The predicted octanol–water partition coefficient (Wildman–Crippen LogP) is 2.53. The van der Waals surface area contributed by atoms with Crippen molar-refractivity contribution in [2.24, 2.45) is 4.40 Å². The minimum absolute atomic E-state index is 0.0320. The zero-order valence-corrected chi connectivity index (χ0v) is 25.4. The maximum absolute atomic E-state index is 9.30. The Kier molecular flexibility index (Phi) is 8.13. The van der Waals surface area contributed by atoms with Crippen LogP contribution in [0.1, 0.15) is 11.1 Å². The summed E-state index contributed by atoms with van der Waals surface area (Å²) in [5, 5.41) is 47.8. The van der Waals surface area contributed by atoms with E-state index in [9.17, 15) is 26.5 Å². The van der Waals surface area contributed by atoms with Gasteiger partial charge in [-0.05, 0) is 74.2 Å². The van der Waals surface area contributed by atoms with Crippen LogP contribution in [0.5, 0.6) is 0 Å². The molecule has 0 fully saturated rings. The number of nitriles is 4. The second-order valence-electron chi connectivity index (χ2n) is 9.00. The molecule has 0 unspecified atom stereocenters. The molecular formula is C31H17N7S4. The van der Waals surface area contributed by atoms with Crippen molar-refractivity contribution in [1.82, 2.24) is 4.98 Å². The van der Waals surface area contributed by atoms with Gasteiger partial charge in [0.2, 0.25) is 0 Å². The molecule has 0 radical (unpaired) electrons. The fraction of sp³-hybridized carbons (Fsp3) is 0.0645. The lowest BCUT2D eigenvalue weighted by molar-refractivity contribution is 1.28.